The van der Waals surface area contributed by atoms with Gasteiger partial charge >= 0.3 is 0 Å². The molecule has 1 fully saturated rings. The summed E-state index contributed by atoms with van der Waals surface area (Å²) in [4.78, 5) is 13.1. The van der Waals surface area contributed by atoms with Crippen molar-refractivity contribution >= 4 is 30.2 Å². The number of hydrogen-bond donors (Lipinski definition) is 2. The number of aromatic amines is 1. The Labute approximate surface area is 180 Å². The van der Waals surface area contributed by atoms with Crippen LogP contribution in [0.25, 0.3) is 22.2 Å². The SMILES string of the molecule is CC[Si](CC)(CC)c1[nH]c2ncnc(NC[C@@H]3CCCO3)c2c1-c1ccccc1C. The van der Waals surface area contributed by atoms with Gasteiger partial charge in [0.15, 0.2) is 0 Å². The van der Waals surface area contributed by atoms with E-state index < -0.39 is 8.07 Å². The van der Waals surface area contributed by atoms with E-state index in [0.717, 1.165) is 42.8 Å². The molecule has 0 unspecified atom stereocenters. The molecule has 3 aromatic rings. The number of nitrogens with one attached hydrogen (secondary N) is 2. The van der Waals surface area contributed by atoms with Gasteiger partial charge in [0.25, 0.3) is 0 Å². The van der Waals surface area contributed by atoms with Gasteiger partial charge in [-0.2, -0.15) is 0 Å². The molecule has 0 radical (unpaired) electrons. The molecule has 6 heteroatoms. The second-order valence-corrected chi connectivity index (χ2v) is 13.7. The van der Waals surface area contributed by atoms with Gasteiger partial charge in [-0.3, -0.25) is 0 Å². The summed E-state index contributed by atoms with van der Waals surface area (Å²) in [7, 11) is -1.67. The van der Waals surface area contributed by atoms with Crippen LogP contribution >= 0.6 is 0 Å². The maximum atomic E-state index is 5.83. The first kappa shape index (κ1) is 21.1. The summed E-state index contributed by atoms with van der Waals surface area (Å²) in [5, 5.41) is 6.16. The van der Waals surface area contributed by atoms with E-state index in [0.29, 0.717) is 0 Å². The molecule has 1 aliphatic rings. The van der Waals surface area contributed by atoms with E-state index in [2.05, 4.69) is 72.2 Å². The Balaban J connectivity index is 1.92. The number of fused-ring (bicyclic) bond motifs is 1. The zero-order valence-electron chi connectivity index (χ0n) is 18.7. The molecule has 1 saturated heterocycles. The molecule has 0 saturated carbocycles. The van der Waals surface area contributed by atoms with Crippen LogP contribution in [0.1, 0.15) is 39.2 Å². The fraction of sp³-hybridized carbons (Fsp3) is 0.500. The van der Waals surface area contributed by atoms with Crippen LogP contribution in [-0.4, -0.2) is 42.3 Å². The summed E-state index contributed by atoms with van der Waals surface area (Å²) in [6.07, 6.45) is 4.20. The molecule has 160 valence electrons. The first-order valence-electron chi connectivity index (χ1n) is 11.4. The normalized spacial score (nSPS) is 17.0. The highest BCUT2D eigenvalue weighted by Gasteiger charge is 2.35. The third kappa shape index (κ3) is 3.67. The Kier molecular flexibility index (Phi) is 6.25. The van der Waals surface area contributed by atoms with Crippen LogP contribution in [0.15, 0.2) is 30.6 Å². The predicted octanol–water partition coefficient (Wildman–Crippen LogP) is 5.24. The molecular formula is C24H34N4OSi. The van der Waals surface area contributed by atoms with Crippen LogP contribution < -0.4 is 10.6 Å². The van der Waals surface area contributed by atoms with Gasteiger partial charge < -0.3 is 15.0 Å². The van der Waals surface area contributed by atoms with Gasteiger partial charge in [0, 0.05) is 24.0 Å². The van der Waals surface area contributed by atoms with Crippen LogP contribution in [0.2, 0.25) is 18.1 Å². The molecule has 0 spiro atoms. The van der Waals surface area contributed by atoms with E-state index in [9.17, 15) is 0 Å². The molecule has 2 N–H and O–H groups in total. The van der Waals surface area contributed by atoms with Gasteiger partial charge in [-0.25, -0.2) is 9.97 Å². The number of rotatable bonds is 8. The number of anilines is 1. The third-order valence-electron chi connectivity index (χ3n) is 7.09. The lowest BCUT2D eigenvalue weighted by molar-refractivity contribution is 0.120. The average Bonchev–Trinajstić information content (AvgIpc) is 3.43. The van der Waals surface area contributed by atoms with Crippen molar-refractivity contribution in [3.8, 4) is 11.1 Å². The minimum absolute atomic E-state index is 0.269. The lowest BCUT2D eigenvalue weighted by atomic mass is 10.0. The van der Waals surface area contributed by atoms with E-state index in [-0.39, 0.29) is 6.10 Å². The van der Waals surface area contributed by atoms with Gasteiger partial charge in [-0.15, -0.1) is 0 Å². The molecule has 0 bridgehead atoms. The minimum Gasteiger partial charge on any atom is -0.376 e. The predicted molar refractivity (Wildman–Crippen MR) is 128 cm³/mol. The number of aryl methyl sites for hydroxylation is 1. The van der Waals surface area contributed by atoms with Crippen LogP contribution in [0, 0.1) is 6.92 Å². The minimum atomic E-state index is -1.67. The molecule has 3 heterocycles. The van der Waals surface area contributed by atoms with Crippen molar-refractivity contribution in [2.24, 2.45) is 0 Å². The number of benzene rings is 1. The van der Waals surface area contributed by atoms with Crippen LogP contribution in [0.4, 0.5) is 5.82 Å². The van der Waals surface area contributed by atoms with Crippen molar-refractivity contribution in [3.05, 3.63) is 36.2 Å². The maximum Gasteiger partial charge on any atom is 0.143 e. The second-order valence-electron chi connectivity index (χ2n) is 8.49. The van der Waals surface area contributed by atoms with Gasteiger partial charge in [-0.05, 0) is 30.9 Å². The van der Waals surface area contributed by atoms with E-state index in [1.54, 1.807) is 6.33 Å². The zero-order chi connectivity index (χ0) is 21.1. The number of aromatic nitrogens is 3. The van der Waals surface area contributed by atoms with Gasteiger partial charge in [0.1, 0.15) is 25.9 Å². The highest BCUT2D eigenvalue weighted by molar-refractivity contribution is 6.92. The maximum absolute atomic E-state index is 5.83. The largest absolute Gasteiger partial charge is 0.376 e. The van der Waals surface area contributed by atoms with Crippen molar-refractivity contribution in [1.29, 1.82) is 0 Å². The molecule has 5 nitrogen and oxygen atoms in total. The molecular weight excluding hydrogens is 388 g/mol. The van der Waals surface area contributed by atoms with Gasteiger partial charge in [0.2, 0.25) is 0 Å². The van der Waals surface area contributed by atoms with Crippen LogP contribution in [-0.2, 0) is 4.74 Å². The van der Waals surface area contributed by atoms with Crippen molar-refractivity contribution in [1.82, 2.24) is 15.0 Å². The molecule has 30 heavy (non-hydrogen) atoms. The van der Waals surface area contributed by atoms with Crippen molar-refractivity contribution in [2.45, 2.75) is 64.8 Å². The third-order valence-corrected chi connectivity index (χ3v) is 12.6. The van der Waals surface area contributed by atoms with Crippen molar-refractivity contribution < 1.29 is 4.74 Å². The fourth-order valence-electron chi connectivity index (χ4n) is 4.97. The smallest absolute Gasteiger partial charge is 0.143 e. The highest BCUT2D eigenvalue weighted by atomic mass is 28.3. The monoisotopic (exact) mass is 422 g/mol. The number of nitrogens with zero attached hydrogens (tertiary/aromatic N) is 2. The van der Waals surface area contributed by atoms with Gasteiger partial charge in [-0.1, -0.05) is 63.2 Å². The van der Waals surface area contributed by atoms with Crippen LogP contribution in [0.3, 0.4) is 0 Å². The summed E-state index contributed by atoms with van der Waals surface area (Å²) in [6, 6.07) is 12.4. The molecule has 1 atom stereocenters. The Morgan fingerprint density at radius 2 is 1.90 bits per heavy atom. The molecule has 0 amide bonds. The van der Waals surface area contributed by atoms with E-state index in [1.165, 1.54) is 40.1 Å². The second kappa shape index (κ2) is 8.90. The Morgan fingerprint density at radius 3 is 2.57 bits per heavy atom. The number of ether oxygens (including phenoxy) is 1. The molecule has 0 aliphatic carbocycles. The van der Waals surface area contributed by atoms with E-state index >= 15 is 0 Å². The van der Waals surface area contributed by atoms with E-state index in [1.807, 2.05) is 0 Å². The summed E-state index contributed by atoms with van der Waals surface area (Å²) in [5.41, 5.74) is 4.84. The van der Waals surface area contributed by atoms with Crippen LogP contribution in [0.5, 0.6) is 0 Å². The first-order chi connectivity index (χ1) is 14.6. The van der Waals surface area contributed by atoms with Crippen molar-refractivity contribution in [2.75, 3.05) is 18.5 Å². The molecule has 4 rings (SSSR count). The van der Waals surface area contributed by atoms with E-state index in [4.69, 9.17) is 4.74 Å². The first-order valence-corrected chi connectivity index (χ1v) is 14.0. The summed E-state index contributed by atoms with van der Waals surface area (Å²) in [6.45, 7) is 10.9. The highest BCUT2D eigenvalue weighted by Crippen LogP contribution is 2.36. The van der Waals surface area contributed by atoms with Crippen molar-refractivity contribution in [3.63, 3.8) is 0 Å². The summed E-state index contributed by atoms with van der Waals surface area (Å²) < 4.78 is 5.83. The molecule has 1 aliphatic heterocycles. The number of H-pyrrole nitrogens is 1. The Hall–Kier alpha value is -2.18. The fourth-order valence-corrected chi connectivity index (χ4v) is 8.71. The Bertz CT molecular complexity index is 997. The zero-order valence-corrected chi connectivity index (χ0v) is 19.7. The standard InChI is InChI=1S/C24H34N4OSi/c1-5-30(6-2,7-3)24-20(19-13-9-8-11-17(19)4)21-22(26-16-27-23(21)28-24)25-15-18-12-10-14-29-18/h8-9,11,13,16,18H,5-7,10,12,14-15H2,1-4H3,(H2,25,26,27,28)/t18-/m0/s1. The quantitative estimate of drug-likeness (QED) is 0.487. The molecule has 1 aromatic carbocycles. The lowest BCUT2D eigenvalue weighted by Gasteiger charge is -2.29. The Morgan fingerprint density at radius 1 is 1.13 bits per heavy atom. The lowest BCUT2D eigenvalue weighted by Crippen LogP contribution is -2.47. The number of hydrogen-bond acceptors (Lipinski definition) is 4. The average molecular weight is 423 g/mol. The van der Waals surface area contributed by atoms with Gasteiger partial charge in [0.05, 0.1) is 11.5 Å². The summed E-state index contributed by atoms with van der Waals surface area (Å²) in [5.74, 6) is 0.919. The topological polar surface area (TPSA) is 62.8 Å². The molecule has 2 aromatic heterocycles. The summed E-state index contributed by atoms with van der Waals surface area (Å²) >= 11 is 0.